The molecule has 2 amide bonds. The summed E-state index contributed by atoms with van der Waals surface area (Å²) in [4.78, 5) is 34.9. The van der Waals surface area contributed by atoms with Gasteiger partial charge in [0.25, 0.3) is 0 Å². The molecule has 0 aliphatic rings. The Labute approximate surface area is 184 Å². The predicted octanol–water partition coefficient (Wildman–Crippen LogP) is 5.15. The van der Waals surface area contributed by atoms with Crippen molar-refractivity contribution in [1.29, 1.82) is 0 Å². The third-order valence-corrected chi connectivity index (χ3v) is 5.13. The number of anilines is 3. The van der Waals surface area contributed by atoms with Gasteiger partial charge in [-0.2, -0.15) is 0 Å². The van der Waals surface area contributed by atoms with Crippen LogP contribution >= 0.6 is 11.6 Å². The molecule has 0 fully saturated rings. The van der Waals surface area contributed by atoms with Crippen molar-refractivity contribution in [1.82, 2.24) is 9.97 Å². The Morgan fingerprint density at radius 1 is 1.00 bits per heavy atom. The van der Waals surface area contributed by atoms with Crippen molar-refractivity contribution in [2.45, 2.75) is 13.3 Å². The van der Waals surface area contributed by atoms with Crippen molar-refractivity contribution >= 4 is 51.4 Å². The summed E-state index contributed by atoms with van der Waals surface area (Å²) in [5, 5.41) is 5.33. The quantitative estimate of drug-likeness (QED) is 0.475. The molecule has 0 spiro atoms. The number of hydrogen-bond acceptors (Lipinski definition) is 4. The fourth-order valence-electron chi connectivity index (χ4n) is 3.33. The average molecular weight is 431 g/mol. The van der Waals surface area contributed by atoms with Gasteiger partial charge in [0.15, 0.2) is 0 Å². The molecule has 2 heterocycles. The highest BCUT2D eigenvalue weighted by atomic mass is 35.5. The SMILES string of the molecule is CC(=O)N(c1ccc2ccncc2c1)c1cc(NC(=O)Cc2ccccc2Cl)ccn1. The van der Waals surface area contributed by atoms with Gasteiger partial charge in [0.05, 0.1) is 12.1 Å². The molecule has 6 nitrogen and oxygen atoms in total. The number of hydrogen-bond donors (Lipinski definition) is 1. The van der Waals surface area contributed by atoms with Gasteiger partial charge in [-0.25, -0.2) is 4.98 Å². The third-order valence-electron chi connectivity index (χ3n) is 4.76. The highest BCUT2D eigenvalue weighted by Crippen LogP contribution is 2.28. The molecule has 7 heteroatoms. The topological polar surface area (TPSA) is 75.2 Å². The Kier molecular flexibility index (Phi) is 5.91. The maximum absolute atomic E-state index is 12.5. The molecule has 0 aliphatic heterocycles. The molecule has 0 atom stereocenters. The lowest BCUT2D eigenvalue weighted by atomic mass is 10.1. The van der Waals surface area contributed by atoms with Gasteiger partial charge in [0, 0.05) is 47.7 Å². The minimum Gasteiger partial charge on any atom is -0.326 e. The minimum atomic E-state index is -0.212. The van der Waals surface area contributed by atoms with E-state index >= 15 is 0 Å². The predicted molar refractivity (Wildman–Crippen MR) is 123 cm³/mol. The van der Waals surface area contributed by atoms with Crippen LogP contribution in [0.25, 0.3) is 10.8 Å². The number of aromatic nitrogens is 2. The normalized spacial score (nSPS) is 10.6. The summed E-state index contributed by atoms with van der Waals surface area (Å²) < 4.78 is 0. The van der Waals surface area contributed by atoms with Crippen LogP contribution in [0.3, 0.4) is 0 Å². The van der Waals surface area contributed by atoms with E-state index in [0.29, 0.717) is 22.2 Å². The van der Waals surface area contributed by atoms with E-state index in [1.54, 1.807) is 36.8 Å². The highest BCUT2D eigenvalue weighted by Gasteiger charge is 2.17. The van der Waals surface area contributed by atoms with Gasteiger partial charge in [0.1, 0.15) is 5.82 Å². The van der Waals surface area contributed by atoms with Gasteiger partial charge in [-0.15, -0.1) is 0 Å². The van der Waals surface area contributed by atoms with Crippen LogP contribution in [-0.2, 0) is 16.0 Å². The summed E-state index contributed by atoms with van der Waals surface area (Å²) in [6.45, 7) is 1.47. The summed E-state index contributed by atoms with van der Waals surface area (Å²) in [6, 6.07) is 18.1. The zero-order chi connectivity index (χ0) is 21.8. The van der Waals surface area contributed by atoms with E-state index in [1.807, 2.05) is 42.5 Å². The smallest absolute Gasteiger partial charge is 0.229 e. The molecule has 4 rings (SSSR count). The van der Waals surface area contributed by atoms with Crippen LogP contribution in [0.1, 0.15) is 12.5 Å². The van der Waals surface area contributed by atoms with E-state index in [9.17, 15) is 9.59 Å². The average Bonchev–Trinajstić information content (AvgIpc) is 2.75. The standard InChI is InChI=1S/C24H19ClN4O2/c1-16(30)29(21-7-6-17-8-10-26-15-19(17)12-21)23-14-20(9-11-27-23)28-24(31)13-18-4-2-3-5-22(18)25/h2-12,14-15H,13H2,1H3,(H,27,28,31). The Morgan fingerprint density at radius 3 is 2.65 bits per heavy atom. The molecule has 0 saturated carbocycles. The Bertz CT molecular complexity index is 1280. The van der Waals surface area contributed by atoms with Gasteiger partial charge >= 0.3 is 0 Å². The first-order valence-corrected chi connectivity index (χ1v) is 10.0. The summed E-state index contributed by atoms with van der Waals surface area (Å²) in [5.41, 5.74) is 1.95. The Morgan fingerprint density at radius 2 is 1.84 bits per heavy atom. The van der Waals surface area contributed by atoms with E-state index in [2.05, 4.69) is 15.3 Å². The fraction of sp³-hybridized carbons (Fsp3) is 0.0833. The second kappa shape index (κ2) is 8.93. The van der Waals surface area contributed by atoms with Gasteiger partial charge in [0.2, 0.25) is 11.8 Å². The van der Waals surface area contributed by atoms with Crippen LogP contribution in [0.4, 0.5) is 17.2 Å². The first-order chi connectivity index (χ1) is 15.0. The minimum absolute atomic E-state index is 0.144. The fourth-order valence-corrected chi connectivity index (χ4v) is 3.53. The Hall–Kier alpha value is -3.77. The third kappa shape index (κ3) is 4.70. The van der Waals surface area contributed by atoms with Crippen LogP contribution in [-0.4, -0.2) is 21.8 Å². The Balaban J connectivity index is 1.59. The van der Waals surface area contributed by atoms with Gasteiger partial charge in [-0.05, 0) is 41.3 Å². The molecule has 2 aromatic carbocycles. The number of rotatable bonds is 5. The van der Waals surface area contributed by atoms with Gasteiger partial charge < -0.3 is 5.32 Å². The lowest BCUT2D eigenvalue weighted by molar-refractivity contribution is -0.116. The molecule has 2 aromatic heterocycles. The van der Waals surface area contributed by atoms with Gasteiger partial charge in [-0.1, -0.05) is 35.9 Å². The van der Waals surface area contributed by atoms with Crippen molar-refractivity contribution in [2.75, 3.05) is 10.2 Å². The molecule has 4 aromatic rings. The van der Waals surface area contributed by atoms with Crippen molar-refractivity contribution in [3.63, 3.8) is 0 Å². The number of benzene rings is 2. The van der Waals surface area contributed by atoms with Crippen LogP contribution in [0.2, 0.25) is 5.02 Å². The molecule has 154 valence electrons. The number of fused-ring (bicyclic) bond motifs is 1. The zero-order valence-corrected chi connectivity index (χ0v) is 17.5. The first kappa shape index (κ1) is 20.5. The van der Waals surface area contributed by atoms with Crippen LogP contribution < -0.4 is 10.2 Å². The lowest BCUT2D eigenvalue weighted by Gasteiger charge is -2.21. The monoisotopic (exact) mass is 430 g/mol. The maximum Gasteiger partial charge on any atom is 0.229 e. The number of carbonyl (C=O) groups is 2. The van der Waals surface area contributed by atoms with Crippen molar-refractivity contribution in [3.8, 4) is 0 Å². The molecular formula is C24H19ClN4O2. The first-order valence-electron chi connectivity index (χ1n) is 9.65. The van der Waals surface area contributed by atoms with Crippen molar-refractivity contribution < 1.29 is 9.59 Å². The summed E-state index contributed by atoms with van der Waals surface area (Å²) in [6.07, 6.45) is 5.17. The molecule has 0 bridgehead atoms. The number of nitrogens with zero attached hydrogens (tertiary/aromatic N) is 3. The number of nitrogens with one attached hydrogen (secondary N) is 1. The lowest BCUT2D eigenvalue weighted by Crippen LogP contribution is -2.24. The number of amides is 2. The summed E-state index contributed by atoms with van der Waals surface area (Å²) in [7, 11) is 0. The van der Waals surface area contributed by atoms with Crippen LogP contribution in [0.5, 0.6) is 0 Å². The van der Waals surface area contributed by atoms with E-state index in [-0.39, 0.29) is 18.2 Å². The van der Waals surface area contributed by atoms with E-state index in [1.165, 1.54) is 11.8 Å². The number of carbonyl (C=O) groups excluding carboxylic acids is 2. The maximum atomic E-state index is 12.5. The van der Waals surface area contributed by atoms with E-state index in [4.69, 9.17) is 11.6 Å². The summed E-state index contributed by atoms with van der Waals surface area (Å²) in [5.74, 6) is -0.00188. The second-order valence-corrected chi connectivity index (χ2v) is 7.39. The molecule has 1 N–H and O–H groups in total. The molecule has 0 unspecified atom stereocenters. The van der Waals surface area contributed by atoms with Gasteiger partial charge in [-0.3, -0.25) is 19.5 Å². The largest absolute Gasteiger partial charge is 0.326 e. The molecule has 0 aliphatic carbocycles. The highest BCUT2D eigenvalue weighted by molar-refractivity contribution is 6.31. The van der Waals surface area contributed by atoms with Crippen LogP contribution in [0.15, 0.2) is 79.3 Å². The second-order valence-electron chi connectivity index (χ2n) is 6.98. The van der Waals surface area contributed by atoms with Crippen molar-refractivity contribution in [3.05, 3.63) is 89.8 Å². The molecule has 0 radical (unpaired) electrons. The van der Waals surface area contributed by atoms with Crippen LogP contribution in [0, 0.1) is 0 Å². The molecule has 31 heavy (non-hydrogen) atoms. The van der Waals surface area contributed by atoms with E-state index < -0.39 is 0 Å². The zero-order valence-electron chi connectivity index (χ0n) is 16.7. The number of halogens is 1. The molecule has 0 saturated heterocycles. The van der Waals surface area contributed by atoms with Crippen molar-refractivity contribution in [2.24, 2.45) is 0 Å². The molecular weight excluding hydrogens is 412 g/mol. The number of pyridine rings is 2. The summed E-state index contributed by atoms with van der Waals surface area (Å²) >= 11 is 6.14. The van der Waals surface area contributed by atoms with E-state index in [0.717, 1.165) is 16.3 Å².